The Kier molecular flexibility index (Phi) is 2.40. The van der Waals surface area contributed by atoms with Crippen molar-refractivity contribution in [3.63, 3.8) is 0 Å². The minimum atomic E-state index is 0.809. The zero-order valence-electron chi connectivity index (χ0n) is 7.86. The maximum absolute atomic E-state index is 5.65. The highest BCUT2D eigenvalue weighted by molar-refractivity contribution is 7.19. The first-order valence-corrected chi connectivity index (χ1v) is 5.57. The van der Waals surface area contributed by atoms with Gasteiger partial charge < -0.3 is 10.6 Å². The highest BCUT2D eigenvalue weighted by Gasteiger charge is 2.24. The Balaban J connectivity index is 2.01. The van der Waals surface area contributed by atoms with Gasteiger partial charge in [-0.15, -0.1) is 0 Å². The molecular weight excluding hydrogens is 182 g/mol. The van der Waals surface area contributed by atoms with Crippen LogP contribution in [0.1, 0.15) is 19.8 Å². The molecule has 0 bridgehead atoms. The molecule has 0 radical (unpaired) electrons. The van der Waals surface area contributed by atoms with Crippen LogP contribution in [0.2, 0.25) is 0 Å². The van der Waals surface area contributed by atoms with Crippen LogP contribution in [-0.4, -0.2) is 18.1 Å². The van der Waals surface area contributed by atoms with E-state index >= 15 is 0 Å². The lowest BCUT2D eigenvalue weighted by molar-refractivity contribution is 0.739. The third-order valence-corrected chi connectivity index (χ3v) is 3.23. The van der Waals surface area contributed by atoms with Gasteiger partial charge in [0.05, 0.1) is 6.20 Å². The van der Waals surface area contributed by atoms with Gasteiger partial charge in [-0.25, -0.2) is 4.98 Å². The summed E-state index contributed by atoms with van der Waals surface area (Å²) in [6.07, 6.45) is 4.52. The SMILES string of the molecule is CCN(CC1CC1)c1ncc(N)s1. The molecule has 0 amide bonds. The third-order valence-electron chi connectivity index (χ3n) is 2.34. The van der Waals surface area contributed by atoms with Crippen LogP contribution in [0, 0.1) is 5.92 Å². The quantitative estimate of drug-likeness (QED) is 0.802. The van der Waals surface area contributed by atoms with Crippen LogP contribution >= 0.6 is 11.3 Å². The zero-order valence-corrected chi connectivity index (χ0v) is 8.68. The Labute approximate surface area is 82.6 Å². The van der Waals surface area contributed by atoms with Gasteiger partial charge in [0, 0.05) is 13.1 Å². The molecule has 13 heavy (non-hydrogen) atoms. The second-order valence-corrected chi connectivity index (χ2v) is 4.57. The molecule has 0 unspecified atom stereocenters. The van der Waals surface area contributed by atoms with Crippen LogP contribution < -0.4 is 10.6 Å². The van der Waals surface area contributed by atoms with Gasteiger partial charge in [0.2, 0.25) is 0 Å². The maximum atomic E-state index is 5.65. The Bertz CT molecular complexity index is 280. The average molecular weight is 197 g/mol. The summed E-state index contributed by atoms with van der Waals surface area (Å²) in [6, 6.07) is 0. The number of anilines is 2. The summed E-state index contributed by atoms with van der Waals surface area (Å²) in [5.41, 5.74) is 5.65. The molecule has 1 saturated carbocycles. The van der Waals surface area contributed by atoms with Crippen molar-refractivity contribution in [2.75, 3.05) is 23.7 Å². The highest BCUT2D eigenvalue weighted by Crippen LogP contribution is 2.32. The second kappa shape index (κ2) is 3.54. The second-order valence-electron chi connectivity index (χ2n) is 3.53. The summed E-state index contributed by atoms with van der Waals surface area (Å²) in [4.78, 5) is 6.61. The Hall–Kier alpha value is -0.770. The summed E-state index contributed by atoms with van der Waals surface area (Å²) < 4.78 is 0. The third kappa shape index (κ3) is 2.12. The number of hydrogen-bond acceptors (Lipinski definition) is 4. The standard InChI is InChI=1S/C9H15N3S/c1-2-12(6-7-3-4-7)9-11-5-8(10)13-9/h5,7H,2-4,6,10H2,1H3. The molecule has 1 aromatic rings. The molecule has 0 saturated heterocycles. The minimum absolute atomic E-state index is 0.809. The fourth-order valence-electron chi connectivity index (χ4n) is 1.38. The summed E-state index contributed by atoms with van der Waals surface area (Å²) >= 11 is 1.58. The van der Waals surface area contributed by atoms with Gasteiger partial charge in [-0.1, -0.05) is 11.3 Å². The van der Waals surface area contributed by atoms with Gasteiger partial charge in [0.1, 0.15) is 5.00 Å². The van der Waals surface area contributed by atoms with Crippen LogP contribution in [0.4, 0.5) is 10.1 Å². The Morgan fingerprint density at radius 3 is 2.92 bits per heavy atom. The van der Waals surface area contributed by atoms with E-state index in [1.165, 1.54) is 12.8 Å². The highest BCUT2D eigenvalue weighted by atomic mass is 32.1. The monoisotopic (exact) mass is 197 g/mol. The first-order chi connectivity index (χ1) is 6.29. The molecule has 2 rings (SSSR count). The molecule has 1 aliphatic rings. The number of rotatable bonds is 4. The van der Waals surface area contributed by atoms with Gasteiger partial charge in [0.15, 0.2) is 5.13 Å². The molecule has 4 heteroatoms. The molecule has 0 atom stereocenters. The van der Waals surface area contributed by atoms with Gasteiger partial charge in [-0.05, 0) is 25.7 Å². The molecule has 2 N–H and O–H groups in total. The first kappa shape index (κ1) is 8.81. The largest absolute Gasteiger partial charge is 0.389 e. The molecule has 1 fully saturated rings. The van der Waals surface area contributed by atoms with E-state index in [1.54, 1.807) is 17.5 Å². The maximum Gasteiger partial charge on any atom is 0.187 e. The van der Waals surface area contributed by atoms with Crippen molar-refractivity contribution in [1.29, 1.82) is 0 Å². The topological polar surface area (TPSA) is 42.2 Å². The molecule has 0 aliphatic heterocycles. The van der Waals surface area contributed by atoms with Gasteiger partial charge in [-0.2, -0.15) is 0 Å². The molecular formula is C9H15N3S. The van der Waals surface area contributed by atoms with Gasteiger partial charge >= 0.3 is 0 Å². The fourth-order valence-corrected chi connectivity index (χ4v) is 2.13. The molecule has 1 heterocycles. The smallest absolute Gasteiger partial charge is 0.187 e. The first-order valence-electron chi connectivity index (χ1n) is 4.76. The Morgan fingerprint density at radius 2 is 2.46 bits per heavy atom. The molecule has 0 aromatic carbocycles. The average Bonchev–Trinajstić information content (AvgIpc) is 2.84. The lowest BCUT2D eigenvalue weighted by Crippen LogP contribution is -2.24. The number of nitrogens with two attached hydrogens (primary N) is 1. The van der Waals surface area contributed by atoms with E-state index in [-0.39, 0.29) is 0 Å². The van der Waals surface area contributed by atoms with Crippen molar-refractivity contribution >= 4 is 21.5 Å². The van der Waals surface area contributed by atoms with Crippen molar-refractivity contribution in [1.82, 2.24) is 4.98 Å². The van der Waals surface area contributed by atoms with Crippen LogP contribution in [0.15, 0.2) is 6.20 Å². The van der Waals surface area contributed by atoms with E-state index in [0.717, 1.165) is 29.1 Å². The number of thiazole rings is 1. The predicted octanol–water partition coefficient (Wildman–Crippen LogP) is 1.96. The number of nitrogens with zero attached hydrogens (tertiary/aromatic N) is 2. The van der Waals surface area contributed by atoms with E-state index < -0.39 is 0 Å². The lowest BCUT2D eigenvalue weighted by atomic mass is 10.4. The van der Waals surface area contributed by atoms with E-state index in [4.69, 9.17) is 5.73 Å². The van der Waals surface area contributed by atoms with Crippen LogP contribution in [0.5, 0.6) is 0 Å². The van der Waals surface area contributed by atoms with E-state index in [0.29, 0.717) is 0 Å². The summed E-state index contributed by atoms with van der Waals surface area (Å²) in [6.45, 7) is 4.35. The fraction of sp³-hybridized carbons (Fsp3) is 0.667. The molecule has 1 aromatic heterocycles. The van der Waals surface area contributed by atoms with Gasteiger partial charge in [-0.3, -0.25) is 0 Å². The number of nitrogen functional groups attached to an aromatic ring is 1. The van der Waals surface area contributed by atoms with Crippen molar-refractivity contribution in [2.45, 2.75) is 19.8 Å². The molecule has 1 aliphatic carbocycles. The van der Waals surface area contributed by atoms with Crippen molar-refractivity contribution in [2.24, 2.45) is 5.92 Å². The van der Waals surface area contributed by atoms with E-state index in [2.05, 4.69) is 16.8 Å². The molecule has 0 spiro atoms. The van der Waals surface area contributed by atoms with E-state index in [9.17, 15) is 0 Å². The van der Waals surface area contributed by atoms with Crippen LogP contribution in [0.3, 0.4) is 0 Å². The summed E-state index contributed by atoms with van der Waals surface area (Å²) in [7, 11) is 0. The van der Waals surface area contributed by atoms with E-state index in [1.807, 2.05) is 0 Å². The Morgan fingerprint density at radius 1 is 1.69 bits per heavy atom. The zero-order chi connectivity index (χ0) is 9.26. The van der Waals surface area contributed by atoms with Crippen molar-refractivity contribution in [3.8, 4) is 0 Å². The summed E-state index contributed by atoms with van der Waals surface area (Å²) in [5.74, 6) is 0.907. The lowest BCUT2D eigenvalue weighted by Gasteiger charge is -2.18. The van der Waals surface area contributed by atoms with Crippen molar-refractivity contribution < 1.29 is 0 Å². The molecule has 3 nitrogen and oxygen atoms in total. The normalized spacial score (nSPS) is 16.1. The number of hydrogen-bond donors (Lipinski definition) is 1. The van der Waals surface area contributed by atoms with Crippen LogP contribution in [-0.2, 0) is 0 Å². The van der Waals surface area contributed by atoms with Crippen molar-refractivity contribution in [3.05, 3.63) is 6.20 Å². The molecule has 72 valence electrons. The number of aromatic nitrogens is 1. The minimum Gasteiger partial charge on any atom is -0.389 e. The summed E-state index contributed by atoms with van der Waals surface area (Å²) in [5, 5.41) is 1.89. The predicted molar refractivity (Wildman–Crippen MR) is 57.1 cm³/mol. The van der Waals surface area contributed by atoms with Gasteiger partial charge in [0.25, 0.3) is 0 Å². The van der Waals surface area contributed by atoms with Crippen LogP contribution in [0.25, 0.3) is 0 Å².